The van der Waals surface area contributed by atoms with Crippen molar-refractivity contribution in [3.63, 3.8) is 0 Å². The Kier molecular flexibility index (Phi) is 11.0. The van der Waals surface area contributed by atoms with Gasteiger partial charge >= 0.3 is 11.9 Å². The molecular formula is C30H54O4. The summed E-state index contributed by atoms with van der Waals surface area (Å²) in [6.07, 6.45) is 16.0. The van der Waals surface area contributed by atoms with E-state index < -0.39 is 11.9 Å². The van der Waals surface area contributed by atoms with Crippen molar-refractivity contribution in [3.05, 3.63) is 0 Å². The Hall–Kier alpha value is -1.06. The zero-order chi connectivity index (χ0) is 25.5. The quantitative estimate of drug-likeness (QED) is 0.206. The minimum atomic E-state index is -0.587. The fourth-order valence-electron chi connectivity index (χ4n) is 6.50. The van der Waals surface area contributed by atoms with E-state index in [4.69, 9.17) is 0 Å². The van der Waals surface area contributed by atoms with Crippen LogP contribution in [0.4, 0.5) is 0 Å². The van der Waals surface area contributed by atoms with Crippen LogP contribution in [0.25, 0.3) is 0 Å². The lowest BCUT2D eigenvalue weighted by molar-refractivity contribution is -0.149. The molecule has 2 rings (SSSR count). The van der Waals surface area contributed by atoms with E-state index >= 15 is 0 Å². The highest BCUT2D eigenvalue weighted by Gasteiger charge is 2.50. The van der Waals surface area contributed by atoms with E-state index in [0.717, 1.165) is 51.4 Å². The molecule has 0 radical (unpaired) electrons. The summed E-state index contributed by atoms with van der Waals surface area (Å²) < 4.78 is 0. The van der Waals surface area contributed by atoms with Crippen LogP contribution in [-0.2, 0) is 9.59 Å². The van der Waals surface area contributed by atoms with Crippen LogP contribution >= 0.6 is 0 Å². The van der Waals surface area contributed by atoms with E-state index in [0.29, 0.717) is 17.8 Å². The van der Waals surface area contributed by atoms with Crippen molar-refractivity contribution in [2.75, 3.05) is 0 Å². The smallest absolute Gasteiger partial charge is 0.307 e. The van der Waals surface area contributed by atoms with Gasteiger partial charge in [0, 0.05) is 0 Å². The van der Waals surface area contributed by atoms with Crippen molar-refractivity contribution in [3.8, 4) is 0 Å². The minimum absolute atomic E-state index is 0.0112. The third-order valence-corrected chi connectivity index (χ3v) is 8.64. The molecule has 2 aliphatic rings. The fraction of sp³-hybridized carbons (Fsp3) is 0.933. The number of carboxylic acid groups (broad SMARTS) is 2. The molecule has 0 aliphatic heterocycles. The van der Waals surface area contributed by atoms with Gasteiger partial charge in [0.2, 0.25) is 0 Å². The first-order chi connectivity index (χ1) is 15.8. The summed E-state index contributed by atoms with van der Waals surface area (Å²) in [5.41, 5.74) is 0.0948. The van der Waals surface area contributed by atoms with Gasteiger partial charge in [-0.15, -0.1) is 0 Å². The number of carboxylic acids is 2. The number of carbonyl (C=O) groups is 2. The molecule has 0 spiro atoms. The van der Waals surface area contributed by atoms with E-state index in [2.05, 4.69) is 41.5 Å². The summed E-state index contributed by atoms with van der Waals surface area (Å²) >= 11 is 0. The molecule has 0 saturated heterocycles. The molecule has 198 valence electrons. The van der Waals surface area contributed by atoms with Crippen molar-refractivity contribution < 1.29 is 19.8 Å². The molecule has 0 heterocycles. The van der Waals surface area contributed by atoms with E-state index in [1.165, 1.54) is 38.5 Å². The van der Waals surface area contributed by atoms with Crippen molar-refractivity contribution in [1.29, 1.82) is 0 Å². The molecule has 0 aromatic carbocycles. The maximum Gasteiger partial charge on any atom is 0.307 e. The lowest BCUT2D eigenvalue weighted by atomic mass is 9.57. The van der Waals surface area contributed by atoms with Gasteiger partial charge in [0.1, 0.15) is 0 Å². The van der Waals surface area contributed by atoms with Gasteiger partial charge < -0.3 is 10.2 Å². The predicted molar refractivity (Wildman–Crippen MR) is 140 cm³/mol. The Morgan fingerprint density at radius 2 is 1.09 bits per heavy atom. The molecule has 4 heteroatoms. The van der Waals surface area contributed by atoms with Gasteiger partial charge in [-0.3, -0.25) is 9.59 Å². The van der Waals surface area contributed by atoms with Crippen LogP contribution in [0.15, 0.2) is 0 Å². The van der Waals surface area contributed by atoms with Crippen molar-refractivity contribution in [2.45, 2.75) is 131 Å². The molecule has 4 nitrogen and oxygen atoms in total. The molecule has 0 aromatic rings. The van der Waals surface area contributed by atoms with Gasteiger partial charge in [-0.1, -0.05) is 92.9 Å². The Morgan fingerprint density at radius 3 is 1.44 bits per heavy atom. The first-order valence-corrected chi connectivity index (χ1v) is 14.3. The maximum atomic E-state index is 12.3. The molecule has 2 saturated carbocycles. The van der Waals surface area contributed by atoms with Gasteiger partial charge in [-0.2, -0.15) is 0 Å². The minimum Gasteiger partial charge on any atom is -0.481 e. The largest absolute Gasteiger partial charge is 0.481 e. The third-order valence-electron chi connectivity index (χ3n) is 8.64. The van der Waals surface area contributed by atoms with Gasteiger partial charge in [-0.05, 0) is 73.0 Å². The summed E-state index contributed by atoms with van der Waals surface area (Å²) in [6.45, 7) is 13.7. The lowest BCUT2D eigenvalue weighted by Crippen LogP contribution is -2.44. The molecule has 0 bridgehead atoms. The van der Waals surface area contributed by atoms with Gasteiger partial charge in [0.05, 0.1) is 11.8 Å². The molecule has 2 aliphatic carbocycles. The molecule has 2 fully saturated rings. The third kappa shape index (κ3) is 9.53. The highest BCUT2D eigenvalue weighted by molar-refractivity contribution is 5.71. The molecule has 0 amide bonds. The number of rotatable bonds is 17. The maximum absolute atomic E-state index is 12.3. The SMILES string of the molecule is CC(C)(C)C(CCCCCCCCCCC(C(=O)O)C1CC1)C(C(C(=O)O)C1CC1)C(C)(C)C. The highest BCUT2D eigenvalue weighted by atomic mass is 16.4. The second kappa shape index (κ2) is 12.8. The van der Waals surface area contributed by atoms with E-state index in [-0.39, 0.29) is 28.6 Å². The van der Waals surface area contributed by atoms with Gasteiger partial charge in [0.15, 0.2) is 0 Å². The Balaban J connectivity index is 1.71. The van der Waals surface area contributed by atoms with Gasteiger partial charge in [-0.25, -0.2) is 0 Å². The molecule has 34 heavy (non-hydrogen) atoms. The Labute approximate surface area is 209 Å². The van der Waals surface area contributed by atoms with Crippen LogP contribution in [0.1, 0.15) is 131 Å². The summed E-state index contributed by atoms with van der Waals surface area (Å²) in [5.74, 6) is 0.00726. The number of aliphatic carboxylic acids is 2. The Bertz CT molecular complexity index is 633. The van der Waals surface area contributed by atoms with Crippen LogP contribution in [0.2, 0.25) is 0 Å². The normalized spacial score (nSPS) is 20.5. The number of unbranched alkanes of at least 4 members (excludes halogenated alkanes) is 7. The molecular weight excluding hydrogens is 424 g/mol. The second-order valence-corrected chi connectivity index (χ2v) is 13.8. The number of hydrogen-bond donors (Lipinski definition) is 2. The van der Waals surface area contributed by atoms with E-state index in [1.807, 2.05) is 0 Å². The average molecular weight is 479 g/mol. The molecule has 4 atom stereocenters. The van der Waals surface area contributed by atoms with Crippen LogP contribution in [0.5, 0.6) is 0 Å². The zero-order valence-corrected chi connectivity index (χ0v) is 23.1. The van der Waals surface area contributed by atoms with Crippen LogP contribution in [0.3, 0.4) is 0 Å². The molecule has 2 N–H and O–H groups in total. The summed E-state index contributed by atoms with van der Waals surface area (Å²) in [7, 11) is 0. The first kappa shape index (κ1) is 29.2. The van der Waals surface area contributed by atoms with Crippen LogP contribution in [-0.4, -0.2) is 22.2 Å². The Morgan fingerprint density at radius 1 is 0.647 bits per heavy atom. The van der Waals surface area contributed by atoms with Crippen molar-refractivity contribution in [2.24, 2.45) is 46.3 Å². The predicted octanol–water partition coefficient (Wildman–Crippen LogP) is 8.43. The summed E-state index contributed by atoms with van der Waals surface area (Å²) in [5, 5.41) is 19.5. The molecule has 4 unspecified atom stereocenters. The van der Waals surface area contributed by atoms with Crippen molar-refractivity contribution >= 4 is 11.9 Å². The van der Waals surface area contributed by atoms with E-state index in [1.54, 1.807) is 0 Å². The van der Waals surface area contributed by atoms with Crippen molar-refractivity contribution in [1.82, 2.24) is 0 Å². The highest BCUT2D eigenvalue weighted by Crippen LogP contribution is 2.53. The molecule has 0 aromatic heterocycles. The summed E-state index contributed by atoms with van der Waals surface area (Å²) in [6, 6.07) is 0. The van der Waals surface area contributed by atoms with E-state index in [9.17, 15) is 19.8 Å². The standard InChI is InChI=1S/C30H54O4/c1-29(2,3)24(26(30(4,5)6)25(28(33)34)22-19-20-22)16-14-12-10-8-7-9-11-13-15-23(27(31)32)21-17-18-21/h21-26H,7-20H2,1-6H3,(H,31,32)(H,33,34). The summed E-state index contributed by atoms with van der Waals surface area (Å²) in [4.78, 5) is 23.6. The topological polar surface area (TPSA) is 74.6 Å². The van der Waals surface area contributed by atoms with Crippen LogP contribution < -0.4 is 0 Å². The first-order valence-electron chi connectivity index (χ1n) is 14.3. The average Bonchev–Trinajstić information content (AvgIpc) is 3.59. The fourth-order valence-corrected chi connectivity index (χ4v) is 6.50. The monoisotopic (exact) mass is 478 g/mol. The zero-order valence-electron chi connectivity index (χ0n) is 23.1. The van der Waals surface area contributed by atoms with Crippen LogP contribution in [0, 0.1) is 46.3 Å². The van der Waals surface area contributed by atoms with Gasteiger partial charge in [0.25, 0.3) is 0 Å². The second-order valence-electron chi connectivity index (χ2n) is 13.8. The number of hydrogen-bond acceptors (Lipinski definition) is 2. The lowest BCUT2D eigenvalue weighted by Gasteiger charge is -2.47.